The van der Waals surface area contributed by atoms with Crippen LogP contribution in [0.4, 0.5) is 0 Å². The van der Waals surface area contributed by atoms with Crippen LogP contribution in [0.2, 0.25) is 15.5 Å². The van der Waals surface area contributed by atoms with Crippen LogP contribution in [-0.2, 0) is 33.6 Å². The second kappa shape index (κ2) is 26.6. The summed E-state index contributed by atoms with van der Waals surface area (Å²) in [4.78, 5) is 58.7. The summed E-state index contributed by atoms with van der Waals surface area (Å²) < 4.78 is 27.7. The molecule has 2 saturated heterocycles. The monoisotopic (exact) mass is 1200 g/mol. The number of halogens is 3. The van der Waals surface area contributed by atoms with Gasteiger partial charge in [-0.05, 0) is 133 Å². The Bertz CT molecular complexity index is 3730. The highest BCUT2D eigenvalue weighted by molar-refractivity contribution is 6.30. The molecule has 4 aromatic carbocycles. The smallest absolute Gasteiger partial charge is 0.227 e. The molecular weight excluding hydrogens is 1140 g/mol. The highest BCUT2D eigenvalue weighted by atomic mass is 35.5. The molecule has 15 rings (SSSR count). The molecule has 0 aliphatic carbocycles. The molecule has 0 radical (unpaired) electrons. The van der Waals surface area contributed by atoms with Crippen molar-refractivity contribution < 1.29 is 33.3 Å². The van der Waals surface area contributed by atoms with E-state index in [1.54, 1.807) is 46.6 Å². The van der Waals surface area contributed by atoms with E-state index in [0.29, 0.717) is 34.7 Å². The Balaban J connectivity index is 0.000000122. The minimum Gasteiger partial charge on any atom is -0.497 e. The fourth-order valence-electron chi connectivity index (χ4n) is 11.4. The van der Waals surface area contributed by atoms with Crippen LogP contribution in [-0.4, -0.2) is 89.8 Å². The molecule has 2 unspecified atom stereocenters. The number of hydrogen-bond acceptors (Lipinski definition) is 13. The summed E-state index contributed by atoms with van der Waals surface area (Å²) in [6.07, 6.45) is 8.20. The molecule has 5 aliphatic rings. The molecular formula is C64H64Cl3N11O7. The fraction of sp³-hybridized carbons (Fsp3) is 0.297. The zero-order valence-electron chi connectivity index (χ0n) is 46.6. The van der Waals surface area contributed by atoms with Crippen molar-refractivity contribution in [2.45, 2.75) is 95.8 Å². The molecule has 0 spiro atoms. The molecule has 0 bridgehead atoms. The Labute approximate surface area is 506 Å². The maximum absolute atomic E-state index is 11.0. The number of aromatic nitrogens is 9. The predicted octanol–water partition coefficient (Wildman–Crippen LogP) is 12.6. The molecule has 2 fully saturated rings. The second-order valence-electron chi connectivity index (χ2n) is 20.5. The lowest BCUT2D eigenvalue weighted by Crippen LogP contribution is -2.18. The number of imidazole rings is 3. The van der Waals surface area contributed by atoms with Gasteiger partial charge in [0.05, 0.1) is 52.6 Å². The molecule has 11 heterocycles. The van der Waals surface area contributed by atoms with Crippen molar-refractivity contribution in [2.75, 3.05) is 28.4 Å². The number of imide groups is 1. The average molecular weight is 1210 g/mol. The average Bonchev–Trinajstić information content (AvgIpc) is 2.42. The zero-order valence-corrected chi connectivity index (χ0v) is 48.9. The van der Waals surface area contributed by atoms with Crippen molar-refractivity contribution >= 4 is 86.0 Å². The number of ether oxygens (including phenoxy) is 4. The maximum Gasteiger partial charge on any atom is 0.227 e. The summed E-state index contributed by atoms with van der Waals surface area (Å²) in [5, 5.41) is 6.57. The Hall–Kier alpha value is -8.58. The third kappa shape index (κ3) is 13.2. The largest absolute Gasteiger partial charge is 0.497 e. The summed E-state index contributed by atoms with van der Waals surface area (Å²) in [5.74, 6) is 6.52. The van der Waals surface area contributed by atoms with Crippen molar-refractivity contribution in [3.8, 4) is 23.0 Å². The third-order valence-electron chi connectivity index (χ3n) is 15.4. The lowest BCUT2D eigenvalue weighted by Gasteiger charge is -2.15. The van der Waals surface area contributed by atoms with Gasteiger partial charge in [0.1, 0.15) is 72.5 Å². The van der Waals surface area contributed by atoms with Crippen LogP contribution < -0.4 is 29.6 Å². The van der Waals surface area contributed by atoms with Gasteiger partial charge in [-0.3, -0.25) is 19.7 Å². The van der Waals surface area contributed by atoms with E-state index in [1.807, 2.05) is 78.9 Å². The van der Waals surface area contributed by atoms with Crippen LogP contribution in [0.25, 0.3) is 33.5 Å². The first-order valence-electron chi connectivity index (χ1n) is 27.6. The topological polar surface area (TPSA) is 204 Å². The summed E-state index contributed by atoms with van der Waals surface area (Å²) in [7, 11) is 6.71. The molecule has 5 aliphatic heterocycles. The van der Waals surface area contributed by atoms with Gasteiger partial charge in [-0.15, -0.1) is 0 Å². The standard InChI is InChI=1S/3C16H14ClN3O.C11H13NO2.C4H5NO2.CH4/c3*1-21-11-4-2-3-10(9-11)13-6-8-15-18-12-5-7-14(17)19-16(12)20(13)15;1-14-9-4-2-3-8(7-9)10-5-6-11(13)12-10;6-3-1-2-4(7)5-3;/h3*2-5,7,9,13H,6,8H2,1H3;2-4,7,10H,5-6H2,1H3,(H,12,13);1-2H2,(H,5,6,7);1H4/t2*13-;;;;/m10..../s1. The van der Waals surface area contributed by atoms with Crippen LogP contribution in [0.15, 0.2) is 133 Å². The van der Waals surface area contributed by atoms with Crippen molar-refractivity contribution in [3.63, 3.8) is 0 Å². The Morgan fingerprint density at radius 3 is 1.02 bits per heavy atom. The number of benzene rings is 4. The van der Waals surface area contributed by atoms with Gasteiger partial charge in [-0.1, -0.05) is 90.8 Å². The molecule has 2 N–H and O–H groups in total. The molecule has 438 valence electrons. The number of carbonyl (C=O) groups is 3. The predicted molar refractivity (Wildman–Crippen MR) is 328 cm³/mol. The molecule has 0 saturated carbocycles. The molecule has 3 amide bonds. The molecule has 4 atom stereocenters. The number of methoxy groups -OCH3 is 4. The first-order valence-corrected chi connectivity index (χ1v) is 28.8. The normalized spacial score (nSPS) is 17.8. The SMILES string of the molecule is C.COc1cccc(C2CCC(=O)N2)c1.COc1cccc(C2CCc3nc4ccc(Cl)nc4n32)c1.COc1cccc([C@@H]2CCc3nc4ccc(Cl)nc4n32)c1.COc1cccc([C@H]2CCc3nc4ccc(Cl)nc4n32)c1.O=C1CCC(=O)N1. The number of amides is 3. The van der Waals surface area contributed by atoms with Crippen LogP contribution in [0.1, 0.15) is 116 Å². The van der Waals surface area contributed by atoms with Crippen molar-refractivity contribution in [3.05, 3.63) is 189 Å². The number of fused-ring (bicyclic) bond motifs is 9. The van der Waals surface area contributed by atoms with E-state index in [0.717, 1.165) is 124 Å². The number of nitrogens with one attached hydrogen (secondary N) is 2. The Kier molecular flexibility index (Phi) is 18.6. The van der Waals surface area contributed by atoms with Crippen LogP contribution in [0, 0.1) is 0 Å². The molecule has 10 aromatic rings. The van der Waals surface area contributed by atoms with E-state index >= 15 is 0 Å². The second-order valence-corrected chi connectivity index (χ2v) is 21.7. The van der Waals surface area contributed by atoms with Crippen molar-refractivity contribution in [2.24, 2.45) is 0 Å². The van der Waals surface area contributed by atoms with E-state index in [4.69, 9.17) is 53.8 Å². The van der Waals surface area contributed by atoms with Crippen LogP contribution in [0.3, 0.4) is 0 Å². The summed E-state index contributed by atoms with van der Waals surface area (Å²) in [6.45, 7) is 0. The number of pyridine rings is 3. The van der Waals surface area contributed by atoms with E-state index < -0.39 is 0 Å². The minimum atomic E-state index is -0.148. The number of hydrogen-bond donors (Lipinski definition) is 2. The minimum absolute atomic E-state index is 0. The lowest BCUT2D eigenvalue weighted by atomic mass is 10.0. The van der Waals surface area contributed by atoms with E-state index in [2.05, 4.69) is 90.6 Å². The number of nitrogens with zero attached hydrogens (tertiary/aromatic N) is 9. The van der Waals surface area contributed by atoms with Gasteiger partial charge in [0.15, 0.2) is 16.9 Å². The number of aryl methyl sites for hydroxylation is 3. The Morgan fingerprint density at radius 2 is 0.729 bits per heavy atom. The van der Waals surface area contributed by atoms with Crippen molar-refractivity contribution in [1.82, 2.24) is 54.2 Å². The van der Waals surface area contributed by atoms with E-state index in [9.17, 15) is 14.4 Å². The van der Waals surface area contributed by atoms with Gasteiger partial charge in [0, 0.05) is 38.5 Å². The molecule has 85 heavy (non-hydrogen) atoms. The van der Waals surface area contributed by atoms with Gasteiger partial charge in [-0.2, -0.15) is 0 Å². The summed E-state index contributed by atoms with van der Waals surface area (Å²) >= 11 is 18.1. The lowest BCUT2D eigenvalue weighted by molar-refractivity contribution is -0.125. The van der Waals surface area contributed by atoms with Crippen molar-refractivity contribution in [1.29, 1.82) is 0 Å². The van der Waals surface area contributed by atoms with E-state index in [1.165, 1.54) is 16.7 Å². The van der Waals surface area contributed by atoms with Crippen LogP contribution in [0.5, 0.6) is 23.0 Å². The van der Waals surface area contributed by atoms with Gasteiger partial charge in [-0.25, -0.2) is 29.9 Å². The summed E-state index contributed by atoms with van der Waals surface area (Å²) in [6, 6.07) is 44.4. The van der Waals surface area contributed by atoms with Gasteiger partial charge >= 0.3 is 0 Å². The highest BCUT2D eigenvalue weighted by Gasteiger charge is 2.31. The van der Waals surface area contributed by atoms with E-state index in [-0.39, 0.29) is 49.3 Å². The fourth-order valence-corrected chi connectivity index (χ4v) is 11.8. The van der Waals surface area contributed by atoms with Gasteiger partial charge in [0.2, 0.25) is 17.7 Å². The van der Waals surface area contributed by atoms with Crippen LogP contribution >= 0.6 is 34.8 Å². The summed E-state index contributed by atoms with van der Waals surface area (Å²) in [5.41, 5.74) is 10.1. The first kappa shape index (κ1) is 59.6. The molecule has 6 aromatic heterocycles. The Morgan fingerprint density at radius 1 is 0.400 bits per heavy atom. The van der Waals surface area contributed by atoms with Gasteiger partial charge < -0.3 is 38.0 Å². The first-order chi connectivity index (χ1) is 40.9. The number of rotatable bonds is 8. The number of carbonyl (C=O) groups excluding carboxylic acids is 3. The quantitative estimate of drug-likeness (QED) is 0.107. The zero-order chi connectivity index (χ0) is 58.4. The third-order valence-corrected chi connectivity index (χ3v) is 16.0. The highest BCUT2D eigenvalue weighted by Crippen LogP contribution is 2.39. The molecule has 18 nitrogen and oxygen atoms in total. The maximum atomic E-state index is 11.0. The van der Waals surface area contributed by atoms with Gasteiger partial charge in [0.25, 0.3) is 0 Å². The molecule has 21 heteroatoms.